The zero-order chi connectivity index (χ0) is 11.8. The summed E-state index contributed by atoms with van der Waals surface area (Å²) < 4.78 is 26.3. The second-order valence-electron chi connectivity index (χ2n) is 3.86. The number of nitrogens with zero attached hydrogens (tertiary/aromatic N) is 1. The van der Waals surface area contributed by atoms with Gasteiger partial charge in [0.05, 0.1) is 22.3 Å². The third kappa shape index (κ3) is 2.07. The van der Waals surface area contributed by atoms with Crippen LogP contribution < -0.4 is 4.72 Å². The average Bonchev–Trinajstić information content (AvgIpc) is 2.61. The van der Waals surface area contributed by atoms with Gasteiger partial charge in [0.2, 0.25) is 10.0 Å². The van der Waals surface area contributed by atoms with Gasteiger partial charge in [0.15, 0.2) is 0 Å². The highest BCUT2D eigenvalue weighted by molar-refractivity contribution is 7.89. The summed E-state index contributed by atoms with van der Waals surface area (Å²) in [5, 5.41) is 0. The Morgan fingerprint density at radius 2 is 2.12 bits per heavy atom. The summed E-state index contributed by atoms with van der Waals surface area (Å²) in [6.45, 7) is 3.57. The summed E-state index contributed by atoms with van der Waals surface area (Å²) in [4.78, 5) is 7.16. The maximum absolute atomic E-state index is 11.9. The minimum atomic E-state index is -3.43. The Morgan fingerprint density at radius 3 is 2.81 bits per heavy atom. The van der Waals surface area contributed by atoms with E-state index < -0.39 is 10.0 Å². The summed E-state index contributed by atoms with van der Waals surface area (Å²) in [7, 11) is -3.43. The maximum atomic E-state index is 11.9. The average molecular weight is 239 g/mol. The van der Waals surface area contributed by atoms with Crippen molar-refractivity contribution in [1.82, 2.24) is 14.7 Å². The van der Waals surface area contributed by atoms with Gasteiger partial charge in [0.25, 0.3) is 0 Å². The topological polar surface area (TPSA) is 74.8 Å². The van der Waals surface area contributed by atoms with Gasteiger partial charge in [-0.2, -0.15) is 0 Å². The van der Waals surface area contributed by atoms with E-state index >= 15 is 0 Å². The molecule has 0 saturated heterocycles. The molecule has 5 nitrogen and oxygen atoms in total. The third-order valence-electron chi connectivity index (χ3n) is 2.09. The predicted molar refractivity (Wildman–Crippen MR) is 61.6 cm³/mol. The van der Waals surface area contributed by atoms with E-state index in [1.807, 2.05) is 0 Å². The number of benzene rings is 1. The van der Waals surface area contributed by atoms with E-state index in [4.69, 9.17) is 0 Å². The van der Waals surface area contributed by atoms with E-state index in [1.54, 1.807) is 32.0 Å². The summed E-state index contributed by atoms with van der Waals surface area (Å²) in [6.07, 6.45) is 1.54. The molecule has 1 aromatic carbocycles. The van der Waals surface area contributed by atoms with Crippen LogP contribution in [0.25, 0.3) is 11.0 Å². The first-order valence-corrected chi connectivity index (χ1v) is 6.43. The van der Waals surface area contributed by atoms with E-state index in [1.165, 1.54) is 6.33 Å². The first kappa shape index (κ1) is 11.1. The van der Waals surface area contributed by atoms with Crippen LogP contribution in [0.4, 0.5) is 0 Å². The molecular formula is C10H13N3O2S. The molecule has 1 heterocycles. The molecule has 0 aliphatic carbocycles. The van der Waals surface area contributed by atoms with Crippen molar-refractivity contribution < 1.29 is 8.42 Å². The van der Waals surface area contributed by atoms with Crippen LogP contribution in [0.2, 0.25) is 0 Å². The maximum Gasteiger partial charge on any atom is 0.240 e. The van der Waals surface area contributed by atoms with Crippen LogP contribution in [0.3, 0.4) is 0 Å². The van der Waals surface area contributed by atoms with Crippen molar-refractivity contribution in [2.24, 2.45) is 0 Å². The molecule has 6 heteroatoms. The largest absolute Gasteiger partial charge is 0.345 e. The number of nitrogens with one attached hydrogen (secondary N) is 2. The lowest BCUT2D eigenvalue weighted by Crippen LogP contribution is -2.30. The Kier molecular flexibility index (Phi) is 2.69. The van der Waals surface area contributed by atoms with Crippen molar-refractivity contribution in [2.45, 2.75) is 24.8 Å². The van der Waals surface area contributed by atoms with Gasteiger partial charge in [-0.05, 0) is 32.0 Å². The van der Waals surface area contributed by atoms with Crippen molar-refractivity contribution in [2.75, 3.05) is 0 Å². The molecule has 0 saturated carbocycles. The number of rotatable bonds is 3. The van der Waals surface area contributed by atoms with Gasteiger partial charge < -0.3 is 4.98 Å². The van der Waals surface area contributed by atoms with E-state index in [9.17, 15) is 8.42 Å². The fraction of sp³-hybridized carbons (Fsp3) is 0.300. The first-order valence-electron chi connectivity index (χ1n) is 4.94. The van der Waals surface area contributed by atoms with Gasteiger partial charge >= 0.3 is 0 Å². The number of hydrogen-bond acceptors (Lipinski definition) is 3. The second-order valence-corrected chi connectivity index (χ2v) is 5.57. The Balaban J connectivity index is 2.46. The van der Waals surface area contributed by atoms with Crippen molar-refractivity contribution in [3.8, 4) is 0 Å². The van der Waals surface area contributed by atoms with Crippen molar-refractivity contribution >= 4 is 21.1 Å². The number of H-pyrrole nitrogens is 1. The van der Waals surface area contributed by atoms with Crippen LogP contribution in [-0.2, 0) is 10.0 Å². The second kappa shape index (κ2) is 3.88. The van der Waals surface area contributed by atoms with Gasteiger partial charge in [0, 0.05) is 6.04 Å². The van der Waals surface area contributed by atoms with Crippen LogP contribution >= 0.6 is 0 Å². The molecule has 0 aliphatic rings. The van der Waals surface area contributed by atoms with Crippen molar-refractivity contribution in [1.29, 1.82) is 0 Å². The van der Waals surface area contributed by atoms with E-state index in [-0.39, 0.29) is 10.9 Å². The summed E-state index contributed by atoms with van der Waals surface area (Å²) in [6, 6.07) is 4.68. The summed E-state index contributed by atoms with van der Waals surface area (Å²) in [5.74, 6) is 0. The van der Waals surface area contributed by atoms with Gasteiger partial charge in [-0.1, -0.05) is 0 Å². The highest BCUT2D eigenvalue weighted by atomic mass is 32.2. The number of sulfonamides is 1. The van der Waals surface area contributed by atoms with E-state index in [0.717, 1.165) is 5.52 Å². The molecule has 0 radical (unpaired) electrons. The fourth-order valence-corrected chi connectivity index (χ4v) is 2.74. The van der Waals surface area contributed by atoms with Crippen LogP contribution in [-0.4, -0.2) is 24.4 Å². The summed E-state index contributed by atoms with van der Waals surface area (Å²) >= 11 is 0. The molecule has 0 fully saturated rings. The Morgan fingerprint density at radius 1 is 1.38 bits per heavy atom. The number of aromatic amines is 1. The molecule has 2 N–H and O–H groups in total. The lowest BCUT2D eigenvalue weighted by atomic mass is 10.3. The zero-order valence-corrected chi connectivity index (χ0v) is 9.88. The molecule has 0 spiro atoms. The molecule has 1 aromatic heterocycles. The van der Waals surface area contributed by atoms with Gasteiger partial charge in [0.1, 0.15) is 0 Å². The number of fused-ring (bicyclic) bond motifs is 1. The number of hydrogen-bond donors (Lipinski definition) is 2. The standard InChI is InChI=1S/C10H13N3O2S/c1-7(2)13-16(14,15)8-3-4-9-10(5-8)12-6-11-9/h3-7,13H,1-2H3,(H,11,12). The fourth-order valence-electron chi connectivity index (χ4n) is 1.46. The number of imidazole rings is 1. The Hall–Kier alpha value is -1.40. The zero-order valence-electron chi connectivity index (χ0n) is 9.06. The van der Waals surface area contributed by atoms with Gasteiger partial charge in [-0.25, -0.2) is 18.1 Å². The monoisotopic (exact) mass is 239 g/mol. The van der Waals surface area contributed by atoms with Crippen molar-refractivity contribution in [3.05, 3.63) is 24.5 Å². The first-order chi connectivity index (χ1) is 7.49. The Bertz CT molecular complexity index is 601. The highest BCUT2D eigenvalue weighted by Crippen LogP contribution is 2.15. The molecule has 0 unspecified atom stereocenters. The number of aromatic nitrogens is 2. The van der Waals surface area contributed by atoms with Gasteiger partial charge in [-0.15, -0.1) is 0 Å². The lowest BCUT2D eigenvalue weighted by Gasteiger charge is -2.09. The van der Waals surface area contributed by atoms with Crippen molar-refractivity contribution in [3.63, 3.8) is 0 Å². The predicted octanol–water partition coefficient (Wildman–Crippen LogP) is 1.25. The smallest absolute Gasteiger partial charge is 0.240 e. The minimum absolute atomic E-state index is 0.123. The molecular weight excluding hydrogens is 226 g/mol. The van der Waals surface area contributed by atoms with Gasteiger partial charge in [-0.3, -0.25) is 0 Å². The molecule has 0 aliphatic heterocycles. The quantitative estimate of drug-likeness (QED) is 0.846. The van der Waals surface area contributed by atoms with E-state index in [2.05, 4.69) is 14.7 Å². The highest BCUT2D eigenvalue weighted by Gasteiger charge is 2.15. The molecule has 0 atom stereocenters. The molecule has 2 rings (SSSR count). The lowest BCUT2D eigenvalue weighted by molar-refractivity contribution is 0.570. The van der Waals surface area contributed by atoms with Crippen LogP contribution in [0.5, 0.6) is 0 Å². The van der Waals surface area contributed by atoms with E-state index in [0.29, 0.717) is 5.52 Å². The van der Waals surface area contributed by atoms with Crippen LogP contribution in [0.1, 0.15) is 13.8 Å². The van der Waals surface area contributed by atoms with Crippen LogP contribution in [0, 0.1) is 0 Å². The minimum Gasteiger partial charge on any atom is -0.345 e. The normalized spacial score (nSPS) is 12.4. The molecule has 16 heavy (non-hydrogen) atoms. The third-order valence-corrected chi connectivity index (χ3v) is 3.75. The molecule has 0 bridgehead atoms. The molecule has 0 amide bonds. The Labute approximate surface area is 93.9 Å². The molecule has 2 aromatic rings. The van der Waals surface area contributed by atoms with Crippen LogP contribution in [0.15, 0.2) is 29.4 Å². The molecule has 86 valence electrons. The summed E-state index contributed by atoms with van der Waals surface area (Å²) in [5.41, 5.74) is 1.47. The SMILES string of the molecule is CC(C)NS(=O)(=O)c1ccc2nc[nH]c2c1.